The van der Waals surface area contributed by atoms with Gasteiger partial charge in [-0.3, -0.25) is 4.79 Å². The lowest BCUT2D eigenvalue weighted by Gasteiger charge is -2.26. The van der Waals surface area contributed by atoms with Crippen LogP contribution >= 0.6 is 15.9 Å². The molecule has 0 aliphatic carbocycles. The number of aliphatic carboxylic acids is 1. The highest BCUT2D eigenvalue weighted by molar-refractivity contribution is 9.09. The van der Waals surface area contributed by atoms with E-state index in [9.17, 15) is 5.11 Å². The minimum Gasteiger partial charge on any atom is -0.492 e. The van der Waals surface area contributed by atoms with Crippen LogP contribution in [-0.2, 0) is 4.79 Å². The lowest BCUT2D eigenvalue weighted by Crippen LogP contribution is -2.25. The normalized spacial score (nSPS) is 22.2. The maximum atomic E-state index is 9.70. The summed E-state index contributed by atoms with van der Waals surface area (Å²) >= 11 is 3.35. The zero-order valence-corrected chi connectivity index (χ0v) is 10.3. The van der Waals surface area contributed by atoms with E-state index >= 15 is 0 Å². The minimum absolute atomic E-state index is 0.00685. The largest absolute Gasteiger partial charge is 0.492 e. The quantitative estimate of drug-likeness (QED) is 0.717. The second-order valence-electron chi connectivity index (χ2n) is 3.33. The van der Waals surface area contributed by atoms with E-state index in [2.05, 4.69) is 15.9 Å². The molecule has 0 radical (unpaired) electrons. The SMILES string of the molecule is CC(=O)O.O[C@@H]1c2ccccc2OC[C@H]1Br. The van der Waals surface area contributed by atoms with E-state index in [0.717, 1.165) is 18.2 Å². The lowest BCUT2D eigenvalue weighted by atomic mass is 10.0. The fraction of sp³-hybridized carbons (Fsp3) is 0.364. The van der Waals surface area contributed by atoms with Gasteiger partial charge in [-0.15, -0.1) is 0 Å². The first kappa shape index (κ1) is 13.0. The molecule has 0 unspecified atom stereocenters. The number of hydrogen-bond donors (Lipinski definition) is 2. The molecule has 0 saturated heterocycles. The summed E-state index contributed by atoms with van der Waals surface area (Å²) in [6.07, 6.45) is -0.449. The highest BCUT2D eigenvalue weighted by Gasteiger charge is 2.26. The van der Waals surface area contributed by atoms with Crippen LogP contribution in [0.2, 0.25) is 0 Å². The zero-order valence-electron chi connectivity index (χ0n) is 8.76. The number of benzene rings is 1. The molecular weight excluding hydrogens is 276 g/mol. The van der Waals surface area contributed by atoms with E-state index in [1.807, 2.05) is 24.3 Å². The van der Waals surface area contributed by atoms with Gasteiger partial charge >= 0.3 is 0 Å². The second kappa shape index (κ2) is 5.86. The van der Waals surface area contributed by atoms with Gasteiger partial charge in [-0.1, -0.05) is 34.1 Å². The summed E-state index contributed by atoms with van der Waals surface area (Å²) in [5.74, 6) is -0.0410. The molecule has 0 aromatic heterocycles. The maximum absolute atomic E-state index is 9.70. The van der Waals surface area contributed by atoms with Gasteiger partial charge in [0.05, 0.1) is 10.9 Å². The highest BCUT2D eigenvalue weighted by Crippen LogP contribution is 2.34. The number of aliphatic hydroxyl groups is 1. The maximum Gasteiger partial charge on any atom is 0.300 e. The molecule has 2 N–H and O–H groups in total. The van der Waals surface area contributed by atoms with Crippen LogP contribution in [0.1, 0.15) is 18.6 Å². The first-order valence-electron chi connectivity index (χ1n) is 4.75. The number of halogens is 1. The van der Waals surface area contributed by atoms with E-state index in [1.165, 1.54) is 0 Å². The summed E-state index contributed by atoms with van der Waals surface area (Å²) in [6, 6.07) is 7.56. The van der Waals surface area contributed by atoms with Crippen molar-refractivity contribution >= 4 is 21.9 Å². The van der Waals surface area contributed by atoms with Crippen LogP contribution in [0, 0.1) is 0 Å². The fourth-order valence-corrected chi connectivity index (χ4v) is 1.73. The Kier molecular flexibility index (Phi) is 4.76. The van der Waals surface area contributed by atoms with E-state index in [-0.39, 0.29) is 4.83 Å². The van der Waals surface area contributed by atoms with Crippen LogP contribution in [0.4, 0.5) is 0 Å². The molecular formula is C11H13BrO4. The Morgan fingerprint density at radius 1 is 1.50 bits per heavy atom. The molecule has 0 fully saturated rings. The Labute approximate surface area is 102 Å². The van der Waals surface area contributed by atoms with Crippen molar-refractivity contribution in [1.82, 2.24) is 0 Å². The molecule has 1 heterocycles. The van der Waals surface area contributed by atoms with Crippen molar-refractivity contribution < 1.29 is 19.7 Å². The standard InChI is InChI=1S/C9H9BrO2.C2H4O2/c10-7-5-12-8-4-2-1-3-6(8)9(7)11;1-2(3)4/h1-4,7,9,11H,5H2;1H3,(H,3,4)/t7-,9-;/m1./s1. The summed E-state index contributed by atoms with van der Waals surface area (Å²) < 4.78 is 5.40. The molecule has 5 heteroatoms. The summed E-state index contributed by atoms with van der Waals surface area (Å²) in [7, 11) is 0. The lowest BCUT2D eigenvalue weighted by molar-refractivity contribution is -0.134. The van der Waals surface area contributed by atoms with Crippen LogP contribution in [0.5, 0.6) is 5.75 Å². The third-order valence-corrected chi connectivity index (χ3v) is 2.74. The Bertz CT molecular complexity index is 363. The number of hydrogen-bond acceptors (Lipinski definition) is 3. The Morgan fingerprint density at radius 3 is 2.69 bits per heavy atom. The van der Waals surface area contributed by atoms with Crippen LogP contribution in [0.3, 0.4) is 0 Å². The predicted octanol–water partition coefficient (Wildman–Crippen LogP) is 1.97. The predicted molar refractivity (Wildman–Crippen MR) is 62.9 cm³/mol. The summed E-state index contributed by atoms with van der Waals surface area (Å²) in [5.41, 5.74) is 0.866. The monoisotopic (exact) mass is 288 g/mol. The molecule has 1 aliphatic heterocycles. The van der Waals surface area contributed by atoms with Gasteiger partial charge in [-0.2, -0.15) is 0 Å². The highest BCUT2D eigenvalue weighted by atomic mass is 79.9. The molecule has 2 atom stereocenters. The van der Waals surface area contributed by atoms with Crippen molar-refractivity contribution in [2.75, 3.05) is 6.61 Å². The van der Waals surface area contributed by atoms with Crippen LogP contribution in [0.15, 0.2) is 24.3 Å². The third-order valence-electron chi connectivity index (χ3n) is 1.98. The van der Waals surface area contributed by atoms with Gasteiger partial charge in [-0.25, -0.2) is 0 Å². The van der Waals surface area contributed by atoms with Crippen LogP contribution < -0.4 is 4.74 Å². The third kappa shape index (κ3) is 3.50. The van der Waals surface area contributed by atoms with Gasteiger partial charge in [0, 0.05) is 12.5 Å². The van der Waals surface area contributed by atoms with E-state index in [0.29, 0.717) is 6.61 Å². The smallest absolute Gasteiger partial charge is 0.300 e. The van der Waals surface area contributed by atoms with E-state index < -0.39 is 12.1 Å². The number of para-hydroxylation sites is 1. The average Bonchev–Trinajstić information content (AvgIpc) is 2.23. The first-order chi connectivity index (χ1) is 7.52. The summed E-state index contributed by atoms with van der Waals surface area (Å²) in [5, 5.41) is 17.1. The van der Waals surface area contributed by atoms with Crippen molar-refractivity contribution in [3.8, 4) is 5.75 Å². The summed E-state index contributed by atoms with van der Waals surface area (Å²) in [4.78, 5) is 9.01. The molecule has 0 amide bonds. The van der Waals surface area contributed by atoms with Gasteiger partial charge in [-0.05, 0) is 6.07 Å². The molecule has 2 rings (SSSR count). The summed E-state index contributed by atoms with van der Waals surface area (Å²) in [6.45, 7) is 1.61. The molecule has 0 bridgehead atoms. The van der Waals surface area contributed by atoms with Gasteiger partial charge in [0.2, 0.25) is 0 Å². The molecule has 1 aliphatic rings. The van der Waals surface area contributed by atoms with Crippen molar-refractivity contribution in [3.63, 3.8) is 0 Å². The van der Waals surface area contributed by atoms with Gasteiger partial charge in [0.25, 0.3) is 5.97 Å². The number of carbonyl (C=O) groups is 1. The molecule has 0 saturated carbocycles. The Hall–Kier alpha value is -1.07. The fourth-order valence-electron chi connectivity index (χ4n) is 1.31. The van der Waals surface area contributed by atoms with Crippen LogP contribution in [0.25, 0.3) is 0 Å². The topological polar surface area (TPSA) is 66.8 Å². The molecule has 1 aromatic rings. The molecule has 0 spiro atoms. The van der Waals surface area contributed by atoms with E-state index in [1.54, 1.807) is 0 Å². The molecule has 16 heavy (non-hydrogen) atoms. The molecule has 4 nitrogen and oxygen atoms in total. The van der Waals surface area contributed by atoms with Crippen molar-refractivity contribution in [1.29, 1.82) is 0 Å². The number of carboxylic acid groups (broad SMARTS) is 1. The number of ether oxygens (including phenoxy) is 1. The van der Waals surface area contributed by atoms with Gasteiger partial charge in [0.1, 0.15) is 12.4 Å². The number of fused-ring (bicyclic) bond motifs is 1. The van der Waals surface area contributed by atoms with Crippen molar-refractivity contribution in [2.45, 2.75) is 17.9 Å². The van der Waals surface area contributed by atoms with Crippen molar-refractivity contribution in [3.05, 3.63) is 29.8 Å². The number of rotatable bonds is 0. The average molecular weight is 289 g/mol. The minimum atomic E-state index is -0.833. The number of carboxylic acids is 1. The van der Waals surface area contributed by atoms with Crippen molar-refractivity contribution in [2.24, 2.45) is 0 Å². The molecule has 1 aromatic carbocycles. The number of aliphatic hydroxyl groups excluding tert-OH is 1. The van der Waals surface area contributed by atoms with Crippen LogP contribution in [-0.4, -0.2) is 27.6 Å². The van der Waals surface area contributed by atoms with Gasteiger partial charge < -0.3 is 14.9 Å². The second-order valence-corrected chi connectivity index (χ2v) is 4.50. The molecule has 88 valence electrons. The zero-order chi connectivity index (χ0) is 12.1. The Balaban J connectivity index is 0.000000280. The Morgan fingerprint density at radius 2 is 2.06 bits per heavy atom. The van der Waals surface area contributed by atoms with E-state index in [4.69, 9.17) is 14.6 Å². The van der Waals surface area contributed by atoms with Gasteiger partial charge in [0.15, 0.2) is 0 Å². The number of alkyl halides is 1. The first-order valence-corrected chi connectivity index (χ1v) is 5.67.